The van der Waals surface area contributed by atoms with Crippen LogP contribution in [-0.4, -0.2) is 35.3 Å². The Bertz CT molecular complexity index is 406. The van der Waals surface area contributed by atoms with Gasteiger partial charge in [-0.2, -0.15) is 0 Å². The average molecular weight is 263 g/mol. The summed E-state index contributed by atoms with van der Waals surface area (Å²) >= 11 is 0. The number of nitrogens with one attached hydrogen (secondary N) is 1. The molecule has 1 unspecified atom stereocenters. The van der Waals surface area contributed by atoms with Gasteiger partial charge in [0.1, 0.15) is 0 Å². The van der Waals surface area contributed by atoms with Gasteiger partial charge in [-0.25, -0.2) is 0 Å². The fourth-order valence-electron chi connectivity index (χ4n) is 2.49. The molecule has 1 aromatic rings. The summed E-state index contributed by atoms with van der Waals surface area (Å²) in [5, 5.41) is 13.5. The van der Waals surface area contributed by atoms with Crippen molar-refractivity contribution in [1.82, 2.24) is 4.98 Å². The predicted octanol–water partition coefficient (Wildman–Crippen LogP) is 2.64. The van der Waals surface area contributed by atoms with Crippen molar-refractivity contribution in [3.8, 4) is 0 Å². The molecule has 1 saturated heterocycles. The molecule has 2 heterocycles. The van der Waals surface area contributed by atoms with Crippen LogP contribution >= 0.6 is 0 Å². The highest BCUT2D eigenvalue weighted by Gasteiger charge is 2.25. The van der Waals surface area contributed by atoms with Gasteiger partial charge in [-0.3, -0.25) is 4.98 Å². The Hall–Kier alpha value is -1.29. The third kappa shape index (κ3) is 4.10. The van der Waals surface area contributed by atoms with Gasteiger partial charge >= 0.3 is 0 Å². The molecule has 1 fully saturated rings. The Labute approximate surface area is 115 Å². The summed E-state index contributed by atoms with van der Waals surface area (Å²) in [6.07, 6.45) is 7.62. The molecule has 0 amide bonds. The highest BCUT2D eigenvalue weighted by molar-refractivity contribution is 5.55. The second-order valence-electron chi connectivity index (χ2n) is 5.70. The van der Waals surface area contributed by atoms with Crippen LogP contribution in [0.1, 0.15) is 39.5 Å². The lowest BCUT2D eigenvalue weighted by atomic mass is 9.98. The van der Waals surface area contributed by atoms with Gasteiger partial charge in [-0.1, -0.05) is 6.92 Å². The van der Waals surface area contributed by atoms with Crippen molar-refractivity contribution in [3.05, 3.63) is 18.5 Å². The molecule has 0 radical (unpaired) electrons. The molecule has 1 atom stereocenters. The Morgan fingerprint density at radius 3 is 3.00 bits per heavy atom. The number of nitrogens with zero attached hydrogens (tertiary/aromatic N) is 2. The smallest absolute Gasteiger partial charge is 0.0637 e. The Morgan fingerprint density at radius 1 is 1.37 bits per heavy atom. The van der Waals surface area contributed by atoms with Gasteiger partial charge in [-0.15, -0.1) is 0 Å². The third-order valence-corrected chi connectivity index (χ3v) is 3.73. The van der Waals surface area contributed by atoms with E-state index < -0.39 is 5.60 Å². The van der Waals surface area contributed by atoms with E-state index in [1.54, 1.807) is 0 Å². The molecule has 0 aromatic carbocycles. The zero-order valence-electron chi connectivity index (χ0n) is 12.0. The van der Waals surface area contributed by atoms with Gasteiger partial charge < -0.3 is 15.3 Å². The topological polar surface area (TPSA) is 48.4 Å². The SMILES string of the molecule is CCCNc1cncc(N2CCCC(C)(O)CC2)c1. The van der Waals surface area contributed by atoms with Crippen molar-refractivity contribution >= 4 is 11.4 Å². The van der Waals surface area contributed by atoms with E-state index in [0.29, 0.717) is 0 Å². The van der Waals surface area contributed by atoms with Gasteiger partial charge in [-0.05, 0) is 38.7 Å². The van der Waals surface area contributed by atoms with Crippen molar-refractivity contribution in [2.75, 3.05) is 29.9 Å². The van der Waals surface area contributed by atoms with Crippen LogP contribution in [0.3, 0.4) is 0 Å². The molecule has 106 valence electrons. The number of aliphatic hydroxyl groups is 1. The Balaban J connectivity index is 2.04. The third-order valence-electron chi connectivity index (χ3n) is 3.73. The van der Waals surface area contributed by atoms with E-state index in [4.69, 9.17) is 0 Å². The predicted molar refractivity (Wildman–Crippen MR) is 79.7 cm³/mol. The minimum Gasteiger partial charge on any atom is -0.390 e. The number of hydrogen-bond acceptors (Lipinski definition) is 4. The van der Waals surface area contributed by atoms with Crippen LogP contribution in [0, 0.1) is 0 Å². The fourth-order valence-corrected chi connectivity index (χ4v) is 2.49. The monoisotopic (exact) mass is 263 g/mol. The van der Waals surface area contributed by atoms with Crippen LogP contribution in [0.5, 0.6) is 0 Å². The van der Waals surface area contributed by atoms with E-state index in [1.807, 2.05) is 19.3 Å². The first-order valence-electron chi connectivity index (χ1n) is 7.27. The molecule has 4 nitrogen and oxygen atoms in total. The summed E-state index contributed by atoms with van der Waals surface area (Å²) in [6, 6.07) is 2.16. The molecular weight excluding hydrogens is 238 g/mol. The summed E-state index contributed by atoms with van der Waals surface area (Å²) in [7, 11) is 0. The maximum absolute atomic E-state index is 10.1. The molecule has 4 heteroatoms. The van der Waals surface area contributed by atoms with Crippen LogP contribution < -0.4 is 10.2 Å². The number of rotatable bonds is 4. The summed E-state index contributed by atoms with van der Waals surface area (Å²) in [5.74, 6) is 0. The lowest BCUT2D eigenvalue weighted by Gasteiger charge is -2.24. The second kappa shape index (κ2) is 6.24. The van der Waals surface area contributed by atoms with Crippen LogP contribution in [0.2, 0.25) is 0 Å². The van der Waals surface area contributed by atoms with E-state index in [0.717, 1.165) is 56.7 Å². The van der Waals surface area contributed by atoms with Crippen LogP contribution in [0.4, 0.5) is 11.4 Å². The number of hydrogen-bond donors (Lipinski definition) is 2. The minimum absolute atomic E-state index is 0.514. The van der Waals surface area contributed by atoms with Gasteiger partial charge in [0, 0.05) is 19.6 Å². The van der Waals surface area contributed by atoms with Gasteiger partial charge in [0.05, 0.1) is 29.4 Å². The van der Waals surface area contributed by atoms with Crippen molar-refractivity contribution in [3.63, 3.8) is 0 Å². The number of aromatic nitrogens is 1. The molecule has 0 spiro atoms. The van der Waals surface area contributed by atoms with Gasteiger partial charge in [0.15, 0.2) is 0 Å². The molecule has 1 aliphatic rings. The number of pyridine rings is 1. The Morgan fingerprint density at radius 2 is 2.21 bits per heavy atom. The van der Waals surface area contributed by atoms with E-state index in [9.17, 15) is 5.11 Å². The number of anilines is 2. The molecule has 1 aliphatic heterocycles. The van der Waals surface area contributed by atoms with Crippen molar-refractivity contribution in [2.24, 2.45) is 0 Å². The van der Waals surface area contributed by atoms with Crippen molar-refractivity contribution in [1.29, 1.82) is 0 Å². The summed E-state index contributed by atoms with van der Waals surface area (Å²) < 4.78 is 0. The van der Waals surface area contributed by atoms with Gasteiger partial charge in [0.2, 0.25) is 0 Å². The standard InChI is InChI=1S/C15H25N3O/c1-3-7-17-13-10-14(12-16-11-13)18-8-4-5-15(2,19)6-9-18/h10-12,17,19H,3-9H2,1-2H3. The summed E-state index contributed by atoms with van der Waals surface area (Å²) in [6.45, 7) is 6.95. The van der Waals surface area contributed by atoms with E-state index in [1.165, 1.54) is 0 Å². The molecule has 0 bridgehead atoms. The molecule has 2 rings (SSSR count). The minimum atomic E-state index is -0.514. The molecule has 0 saturated carbocycles. The van der Waals surface area contributed by atoms with Crippen molar-refractivity contribution < 1.29 is 5.11 Å². The van der Waals surface area contributed by atoms with Gasteiger partial charge in [0.25, 0.3) is 0 Å². The maximum Gasteiger partial charge on any atom is 0.0637 e. The quantitative estimate of drug-likeness (QED) is 0.877. The molecular formula is C15H25N3O. The highest BCUT2D eigenvalue weighted by atomic mass is 16.3. The van der Waals surface area contributed by atoms with Crippen LogP contribution in [0.25, 0.3) is 0 Å². The first-order chi connectivity index (χ1) is 9.11. The lowest BCUT2D eigenvalue weighted by molar-refractivity contribution is 0.0481. The molecule has 19 heavy (non-hydrogen) atoms. The highest BCUT2D eigenvalue weighted by Crippen LogP contribution is 2.26. The molecule has 0 aliphatic carbocycles. The van der Waals surface area contributed by atoms with Crippen LogP contribution in [-0.2, 0) is 0 Å². The fraction of sp³-hybridized carbons (Fsp3) is 0.667. The van der Waals surface area contributed by atoms with E-state index in [-0.39, 0.29) is 0 Å². The average Bonchev–Trinajstić information content (AvgIpc) is 2.58. The zero-order valence-corrected chi connectivity index (χ0v) is 12.0. The molecule has 2 N–H and O–H groups in total. The Kier molecular flexibility index (Phi) is 4.64. The zero-order chi connectivity index (χ0) is 13.7. The lowest BCUT2D eigenvalue weighted by Crippen LogP contribution is -2.28. The summed E-state index contributed by atoms with van der Waals surface area (Å²) in [4.78, 5) is 6.64. The van der Waals surface area contributed by atoms with E-state index >= 15 is 0 Å². The second-order valence-corrected chi connectivity index (χ2v) is 5.70. The van der Waals surface area contributed by atoms with Crippen LogP contribution in [0.15, 0.2) is 18.5 Å². The first kappa shape index (κ1) is 14.1. The normalized spacial score (nSPS) is 24.1. The van der Waals surface area contributed by atoms with E-state index in [2.05, 4.69) is 28.2 Å². The maximum atomic E-state index is 10.1. The summed E-state index contributed by atoms with van der Waals surface area (Å²) in [5.41, 5.74) is 1.72. The first-order valence-corrected chi connectivity index (χ1v) is 7.27. The molecule has 1 aromatic heterocycles. The van der Waals surface area contributed by atoms with Crippen molar-refractivity contribution in [2.45, 2.75) is 45.1 Å². The largest absolute Gasteiger partial charge is 0.390 e.